The predicted molar refractivity (Wildman–Crippen MR) is 148 cm³/mol. The fourth-order valence-electron chi connectivity index (χ4n) is 5.73. The summed E-state index contributed by atoms with van der Waals surface area (Å²) in [7, 11) is 0. The minimum atomic E-state index is -0.501. The average Bonchev–Trinajstić information content (AvgIpc) is 3.30. The molecule has 0 amide bonds. The Bertz CT molecular complexity index is 1480. The van der Waals surface area contributed by atoms with E-state index in [1.54, 1.807) is 0 Å². The maximum absolute atomic E-state index is 6.41. The van der Waals surface area contributed by atoms with Crippen LogP contribution in [0.1, 0.15) is 29.2 Å². The van der Waals surface area contributed by atoms with Gasteiger partial charge >= 0.3 is 0 Å². The van der Waals surface area contributed by atoms with E-state index < -0.39 is 5.54 Å². The predicted octanol–water partition coefficient (Wildman–Crippen LogP) is 7.88. The summed E-state index contributed by atoms with van der Waals surface area (Å²) in [6.07, 6.45) is 0.810. The molecule has 1 aromatic heterocycles. The Balaban J connectivity index is 1.87. The van der Waals surface area contributed by atoms with Gasteiger partial charge in [0, 0.05) is 25.9 Å². The Morgan fingerprint density at radius 1 is 0.794 bits per heavy atom. The lowest BCUT2D eigenvalue weighted by atomic mass is 9.77. The van der Waals surface area contributed by atoms with E-state index in [4.69, 9.17) is 5.73 Å². The SMILES string of the molecule is CC(N)Cc1c2n(c3ccc(Br)cc13)C(c1ccccc1)(c1ccccc1)c1cc(Br)ccc1-2. The standard InChI is InChI=1S/C30H24Br2N2/c1-19(33)16-26-25-17-22(31)13-15-28(25)34-29(26)24-14-12-23(32)18-27(24)30(34,20-8-4-2-5-9-20)21-10-6-3-7-11-21/h2-15,17-19H,16,33H2,1H3. The molecule has 2 nitrogen and oxygen atoms in total. The van der Waals surface area contributed by atoms with Gasteiger partial charge in [0.15, 0.2) is 0 Å². The molecule has 0 aliphatic carbocycles. The van der Waals surface area contributed by atoms with E-state index in [1.165, 1.54) is 44.4 Å². The second-order valence-corrected chi connectivity index (χ2v) is 11.0. The van der Waals surface area contributed by atoms with Gasteiger partial charge < -0.3 is 10.3 Å². The van der Waals surface area contributed by atoms with Crippen molar-refractivity contribution < 1.29 is 0 Å². The number of halogens is 2. The summed E-state index contributed by atoms with van der Waals surface area (Å²) in [4.78, 5) is 0. The van der Waals surface area contributed by atoms with Crippen LogP contribution in [0, 0.1) is 0 Å². The third kappa shape index (κ3) is 3.09. The van der Waals surface area contributed by atoms with Gasteiger partial charge in [0.1, 0.15) is 5.54 Å². The third-order valence-corrected chi connectivity index (χ3v) is 7.89. The second kappa shape index (κ2) is 8.23. The van der Waals surface area contributed by atoms with E-state index in [2.05, 4.69) is 140 Å². The summed E-state index contributed by atoms with van der Waals surface area (Å²) < 4.78 is 4.72. The molecule has 2 N–H and O–H groups in total. The Labute approximate surface area is 216 Å². The van der Waals surface area contributed by atoms with Gasteiger partial charge in [-0.05, 0) is 65.9 Å². The van der Waals surface area contributed by atoms with E-state index in [0.717, 1.165) is 15.4 Å². The molecule has 0 spiro atoms. The number of benzene rings is 4. The largest absolute Gasteiger partial charge is 0.328 e. The van der Waals surface area contributed by atoms with Crippen LogP contribution in [0.25, 0.3) is 22.2 Å². The van der Waals surface area contributed by atoms with E-state index in [1.807, 2.05) is 0 Å². The molecule has 0 saturated carbocycles. The zero-order chi connectivity index (χ0) is 23.4. The monoisotopic (exact) mass is 570 g/mol. The average molecular weight is 572 g/mol. The van der Waals surface area contributed by atoms with Gasteiger partial charge in [-0.3, -0.25) is 0 Å². The molecule has 4 aromatic carbocycles. The highest BCUT2D eigenvalue weighted by Crippen LogP contribution is 2.56. The topological polar surface area (TPSA) is 30.9 Å². The van der Waals surface area contributed by atoms with Crippen molar-refractivity contribution in [1.29, 1.82) is 0 Å². The maximum atomic E-state index is 6.41. The van der Waals surface area contributed by atoms with Crippen molar-refractivity contribution in [3.63, 3.8) is 0 Å². The first-order valence-electron chi connectivity index (χ1n) is 11.5. The summed E-state index contributed by atoms with van der Waals surface area (Å²) in [6, 6.07) is 35.1. The number of fused-ring (bicyclic) bond motifs is 5. The van der Waals surface area contributed by atoms with Crippen LogP contribution < -0.4 is 5.73 Å². The molecule has 168 valence electrons. The lowest BCUT2D eigenvalue weighted by Crippen LogP contribution is -2.34. The Morgan fingerprint density at radius 3 is 2.00 bits per heavy atom. The van der Waals surface area contributed by atoms with Gasteiger partial charge in [0.25, 0.3) is 0 Å². The zero-order valence-electron chi connectivity index (χ0n) is 18.8. The van der Waals surface area contributed by atoms with Crippen molar-refractivity contribution in [2.24, 2.45) is 5.73 Å². The van der Waals surface area contributed by atoms with Gasteiger partial charge in [-0.1, -0.05) is 98.6 Å². The number of rotatable bonds is 4. The molecule has 0 saturated heterocycles. The summed E-state index contributed by atoms with van der Waals surface area (Å²) in [6.45, 7) is 2.09. The molecule has 1 aliphatic rings. The summed E-state index contributed by atoms with van der Waals surface area (Å²) in [5.74, 6) is 0. The Kier molecular flexibility index (Phi) is 5.29. The molecule has 6 rings (SSSR count). The molecule has 0 fully saturated rings. The highest BCUT2D eigenvalue weighted by Gasteiger charge is 2.48. The highest BCUT2D eigenvalue weighted by atomic mass is 79.9. The number of hydrogen-bond donors (Lipinski definition) is 1. The van der Waals surface area contributed by atoms with E-state index in [0.29, 0.717) is 0 Å². The van der Waals surface area contributed by atoms with Gasteiger partial charge in [0.2, 0.25) is 0 Å². The van der Waals surface area contributed by atoms with Crippen LogP contribution in [0.3, 0.4) is 0 Å². The van der Waals surface area contributed by atoms with Crippen LogP contribution in [0.2, 0.25) is 0 Å². The van der Waals surface area contributed by atoms with Crippen molar-refractivity contribution in [2.45, 2.75) is 24.9 Å². The van der Waals surface area contributed by atoms with Gasteiger partial charge in [-0.2, -0.15) is 0 Å². The highest BCUT2D eigenvalue weighted by molar-refractivity contribution is 9.10. The van der Waals surface area contributed by atoms with Crippen LogP contribution >= 0.6 is 31.9 Å². The van der Waals surface area contributed by atoms with Crippen molar-refractivity contribution in [3.8, 4) is 11.3 Å². The van der Waals surface area contributed by atoms with Crippen LogP contribution in [-0.2, 0) is 12.0 Å². The lowest BCUT2D eigenvalue weighted by molar-refractivity contribution is 0.560. The van der Waals surface area contributed by atoms with E-state index >= 15 is 0 Å². The summed E-state index contributed by atoms with van der Waals surface area (Å²) >= 11 is 7.50. The van der Waals surface area contributed by atoms with E-state index in [9.17, 15) is 0 Å². The van der Waals surface area contributed by atoms with Crippen molar-refractivity contribution in [2.75, 3.05) is 0 Å². The molecule has 1 atom stereocenters. The zero-order valence-corrected chi connectivity index (χ0v) is 22.0. The van der Waals surface area contributed by atoms with E-state index in [-0.39, 0.29) is 6.04 Å². The van der Waals surface area contributed by atoms with Crippen molar-refractivity contribution in [1.82, 2.24) is 4.57 Å². The van der Waals surface area contributed by atoms with Crippen LogP contribution in [0.4, 0.5) is 0 Å². The Hall–Kier alpha value is -2.66. The first-order valence-corrected chi connectivity index (χ1v) is 13.1. The number of hydrogen-bond acceptors (Lipinski definition) is 1. The lowest BCUT2D eigenvalue weighted by Gasteiger charge is -2.35. The number of nitrogens with two attached hydrogens (primary N) is 1. The molecule has 0 radical (unpaired) electrons. The van der Waals surface area contributed by atoms with Gasteiger partial charge in [-0.15, -0.1) is 0 Å². The minimum Gasteiger partial charge on any atom is -0.328 e. The van der Waals surface area contributed by atoms with Crippen molar-refractivity contribution >= 4 is 42.8 Å². The summed E-state index contributed by atoms with van der Waals surface area (Å²) in [5, 5.41) is 1.26. The first kappa shape index (κ1) is 21.8. The minimum absolute atomic E-state index is 0.0524. The molecular weight excluding hydrogens is 548 g/mol. The number of aromatic nitrogens is 1. The molecule has 5 aromatic rings. The van der Waals surface area contributed by atoms with Gasteiger partial charge in [0.05, 0.1) is 11.2 Å². The fraction of sp³-hybridized carbons (Fsp3) is 0.133. The third-order valence-electron chi connectivity index (χ3n) is 6.91. The molecule has 1 aliphatic heterocycles. The first-order chi connectivity index (χ1) is 16.5. The fourth-order valence-corrected chi connectivity index (χ4v) is 6.45. The maximum Gasteiger partial charge on any atom is 0.122 e. The molecule has 4 heteroatoms. The second-order valence-electron chi connectivity index (χ2n) is 9.14. The quantitative estimate of drug-likeness (QED) is 0.229. The molecule has 2 heterocycles. The molecule has 1 unspecified atom stereocenters. The Morgan fingerprint density at radius 2 is 1.38 bits per heavy atom. The molecule has 34 heavy (non-hydrogen) atoms. The molecular formula is C30H24Br2N2. The van der Waals surface area contributed by atoms with Crippen LogP contribution in [0.5, 0.6) is 0 Å². The normalized spacial score (nSPS) is 14.7. The van der Waals surface area contributed by atoms with Crippen LogP contribution in [0.15, 0.2) is 106 Å². The number of nitrogens with zero attached hydrogens (tertiary/aromatic N) is 1. The summed E-state index contributed by atoms with van der Waals surface area (Å²) in [5.41, 5.74) is 14.7. The smallest absolute Gasteiger partial charge is 0.122 e. The van der Waals surface area contributed by atoms with Crippen molar-refractivity contribution in [3.05, 3.63) is 128 Å². The van der Waals surface area contributed by atoms with Crippen LogP contribution in [-0.4, -0.2) is 10.6 Å². The van der Waals surface area contributed by atoms with Gasteiger partial charge in [-0.25, -0.2) is 0 Å². The molecule has 0 bridgehead atoms.